The lowest BCUT2D eigenvalue weighted by Crippen LogP contribution is -2.52. The summed E-state index contributed by atoms with van der Waals surface area (Å²) >= 11 is 0. The van der Waals surface area contributed by atoms with E-state index in [0.717, 1.165) is 18.9 Å². The summed E-state index contributed by atoms with van der Waals surface area (Å²) in [5.41, 5.74) is 8.44. The molecule has 1 aromatic carbocycles. The summed E-state index contributed by atoms with van der Waals surface area (Å²) in [6, 6.07) is 8.72. The van der Waals surface area contributed by atoms with Crippen LogP contribution in [-0.4, -0.2) is 13.2 Å². The Hall–Kier alpha value is -1.02. The van der Waals surface area contributed by atoms with Crippen LogP contribution in [0.25, 0.3) is 0 Å². The molecule has 2 aliphatic rings. The van der Waals surface area contributed by atoms with Crippen LogP contribution in [0.3, 0.4) is 0 Å². The highest BCUT2D eigenvalue weighted by Crippen LogP contribution is 2.62. The Morgan fingerprint density at radius 1 is 1.10 bits per heavy atom. The van der Waals surface area contributed by atoms with Crippen molar-refractivity contribution in [1.29, 1.82) is 0 Å². The fraction of sp³-hybridized carbons (Fsp3) is 0.684. The lowest BCUT2D eigenvalue weighted by atomic mass is 9.50. The molecule has 0 heterocycles. The van der Waals surface area contributed by atoms with Crippen LogP contribution in [0.1, 0.15) is 57.9 Å². The zero-order valence-corrected chi connectivity index (χ0v) is 13.5. The van der Waals surface area contributed by atoms with Gasteiger partial charge < -0.3 is 10.5 Å². The molecule has 116 valence electrons. The van der Waals surface area contributed by atoms with E-state index in [1.165, 1.54) is 44.1 Å². The molecule has 0 radical (unpaired) electrons. The zero-order valence-electron chi connectivity index (χ0n) is 13.5. The third kappa shape index (κ3) is 2.83. The van der Waals surface area contributed by atoms with Crippen molar-refractivity contribution < 1.29 is 4.74 Å². The van der Waals surface area contributed by atoms with Gasteiger partial charge in [-0.3, -0.25) is 0 Å². The van der Waals surface area contributed by atoms with Gasteiger partial charge in [-0.25, -0.2) is 0 Å². The third-order valence-corrected chi connectivity index (χ3v) is 5.53. The molecule has 2 saturated carbocycles. The molecule has 0 bridgehead atoms. The second-order valence-corrected chi connectivity index (χ2v) is 7.77. The predicted octanol–water partition coefficient (Wildman–Crippen LogP) is 4.27. The number of benzene rings is 1. The highest BCUT2D eigenvalue weighted by Gasteiger charge is 2.54. The summed E-state index contributed by atoms with van der Waals surface area (Å²) in [6.07, 6.45) is 8.27. The fourth-order valence-electron chi connectivity index (χ4n) is 4.50. The van der Waals surface area contributed by atoms with Gasteiger partial charge in [-0.2, -0.15) is 0 Å². The lowest BCUT2D eigenvalue weighted by molar-refractivity contribution is 0.0328. The van der Waals surface area contributed by atoms with E-state index in [1.54, 1.807) is 0 Å². The summed E-state index contributed by atoms with van der Waals surface area (Å²) in [7, 11) is 0. The molecule has 2 aliphatic carbocycles. The highest BCUT2D eigenvalue weighted by molar-refractivity contribution is 5.36. The first kappa shape index (κ1) is 14.9. The standard InChI is InChI=1S/C19H29NO/c1-15(2)11-21-17-7-5-16(6-8-17)19(14-20)12-18(13-19)9-3-4-10-18/h5-8,15H,3-4,9-14,20H2,1-2H3. The minimum absolute atomic E-state index is 0.237. The maximum atomic E-state index is 6.16. The van der Waals surface area contributed by atoms with Gasteiger partial charge in [0, 0.05) is 12.0 Å². The van der Waals surface area contributed by atoms with Gasteiger partial charge in [0.2, 0.25) is 0 Å². The first-order valence-electron chi connectivity index (χ1n) is 8.51. The average Bonchev–Trinajstić information content (AvgIpc) is 2.93. The van der Waals surface area contributed by atoms with E-state index in [2.05, 4.69) is 38.1 Å². The summed E-state index contributed by atoms with van der Waals surface area (Å²) in [5, 5.41) is 0. The van der Waals surface area contributed by atoms with Gasteiger partial charge in [-0.05, 0) is 54.7 Å². The van der Waals surface area contributed by atoms with Crippen molar-refractivity contribution in [2.24, 2.45) is 17.1 Å². The van der Waals surface area contributed by atoms with Crippen molar-refractivity contribution in [3.05, 3.63) is 29.8 Å². The van der Waals surface area contributed by atoms with Gasteiger partial charge in [-0.1, -0.05) is 38.8 Å². The lowest BCUT2D eigenvalue weighted by Gasteiger charge is -2.55. The Labute approximate surface area is 129 Å². The molecule has 0 aliphatic heterocycles. The van der Waals surface area contributed by atoms with Crippen molar-refractivity contribution >= 4 is 0 Å². The molecule has 2 fully saturated rings. The number of rotatable bonds is 5. The highest BCUT2D eigenvalue weighted by atomic mass is 16.5. The van der Waals surface area contributed by atoms with Crippen LogP contribution in [-0.2, 0) is 5.41 Å². The van der Waals surface area contributed by atoms with E-state index in [1.807, 2.05) is 0 Å². The Kier molecular flexibility index (Phi) is 4.00. The molecule has 2 nitrogen and oxygen atoms in total. The summed E-state index contributed by atoms with van der Waals surface area (Å²) in [5.74, 6) is 1.54. The molecule has 0 aromatic heterocycles. The van der Waals surface area contributed by atoms with Gasteiger partial charge in [0.05, 0.1) is 6.61 Å². The number of hydrogen-bond donors (Lipinski definition) is 1. The van der Waals surface area contributed by atoms with Crippen LogP contribution in [0, 0.1) is 11.3 Å². The molecule has 0 atom stereocenters. The van der Waals surface area contributed by atoms with E-state index in [0.29, 0.717) is 11.3 Å². The first-order valence-corrected chi connectivity index (χ1v) is 8.51. The van der Waals surface area contributed by atoms with Crippen molar-refractivity contribution in [3.8, 4) is 5.75 Å². The van der Waals surface area contributed by atoms with Gasteiger partial charge >= 0.3 is 0 Å². The van der Waals surface area contributed by atoms with Crippen LogP contribution in [0.15, 0.2) is 24.3 Å². The Morgan fingerprint density at radius 2 is 1.71 bits per heavy atom. The van der Waals surface area contributed by atoms with E-state index in [4.69, 9.17) is 10.5 Å². The minimum Gasteiger partial charge on any atom is -0.493 e. The van der Waals surface area contributed by atoms with Gasteiger partial charge in [0.15, 0.2) is 0 Å². The van der Waals surface area contributed by atoms with Gasteiger partial charge in [0.25, 0.3) is 0 Å². The van der Waals surface area contributed by atoms with Gasteiger partial charge in [-0.15, -0.1) is 0 Å². The molecule has 0 unspecified atom stereocenters. The van der Waals surface area contributed by atoms with E-state index in [-0.39, 0.29) is 5.41 Å². The van der Waals surface area contributed by atoms with Crippen LogP contribution >= 0.6 is 0 Å². The SMILES string of the molecule is CC(C)COc1ccc(C2(CN)CC3(CCCC3)C2)cc1. The summed E-state index contributed by atoms with van der Waals surface area (Å²) < 4.78 is 5.78. The van der Waals surface area contributed by atoms with Crippen molar-refractivity contribution in [3.63, 3.8) is 0 Å². The molecule has 3 rings (SSSR count). The molecule has 21 heavy (non-hydrogen) atoms. The smallest absolute Gasteiger partial charge is 0.119 e. The monoisotopic (exact) mass is 287 g/mol. The van der Waals surface area contributed by atoms with E-state index >= 15 is 0 Å². The van der Waals surface area contributed by atoms with E-state index in [9.17, 15) is 0 Å². The van der Waals surface area contributed by atoms with Crippen LogP contribution in [0.2, 0.25) is 0 Å². The molecule has 2 N–H and O–H groups in total. The topological polar surface area (TPSA) is 35.2 Å². The second kappa shape index (κ2) is 5.64. The third-order valence-electron chi connectivity index (χ3n) is 5.53. The molecular weight excluding hydrogens is 258 g/mol. The van der Waals surface area contributed by atoms with E-state index < -0.39 is 0 Å². The summed E-state index contributed by atoms with van der Waals surface area (Å²) in [6.45, 7) is 5.91. The molecule has 1 spiro atoms. The van der Waals surface area contributed by atoms with Gasteiger partial charge in [0.1, 0.15) is 5.75 Å². The van der Waals surface area contributed by atoms with Crippen LogP contribution < -0.4 is 10.5 Å². The largest absolute Gasteiger partial charge is 0.493 e. The Bertz CT molecular complexity index is 463. The number of nitrogens with two attached hydrogens (primary N) is 1. The van der Waals surface area contributed by atoms with Crippen LogP contribution in [0.4, 0.5) is 0 Å². The maximum absolute atomic E-state index is 6.16. The minimum atomic E-state index is 0.237. The number of ether oxygens (including phenoxy) is 1. The fourth-order valence-corrected chi connectivity index (χ4v) is 4.50. The normalized spacial score (nSPS) is 22.5. The second-order valence-electron chi connectivity index (χ2n) is 7.77. The molecular formula is C19H29NO. The Balaban J connectivity index is 1.68. The Morgan fingerprint density at radius 3 is 2.24 bits per heavy atom. The molecule has 0 amide bonds. The first-order chi connectivity index (χ1) is 10.1. The van der Waals surface area contributed by atoms with Crippen molar-refractivity contribution in [2.45, 2.75) is 57.8 Å². The predicted molar refractivity (Wildman–Crippen MR) is 87.6 cm³/mol. The van der Waals surface area contributed by atoms with Crippen LogP contribution in [0.5, 0.6) is 5.75 Å². The van der Waals surface area contributed by atoms with Crippen molar-refractivity contribution in [1.82, 2.24) is 0 Å². The van der Waals surface area contributed by atoms with Crippen molar-refractivity contribution in [2.75, 3.05) is 13.2 Å². The quantitative estimate of drug-likeness (QED) is 0.877. The molecule has 1 aromatic rings. The maximum Gasteiger partial charge on any atom is 0.119 e. The number of hydrogen-bond acceptors (Lipinski definition) is 2. The molecule has 0 saturated heterocycles. The molecule has 2 heteroatoms. The average molecular weight is 287 g/mol. The zero-order chi connectivity index (χ0) is 14.9. The summed E-state index contributed by atoms with van der Waals surface area (Å²) in [4.78, 5) is 0.